The number of benzene rings is 3. The lowest BCUT2D eigenvalue weighted by atomic mass is 9.91. The van der Waals surface area contributed by atoms with Gasteiger partial charge < -0.3 is 14.6 Å². The van der Waals surface area contributed by atoms with Gasteiger partial charge >= 0.3 is 0 Å². The van der Waals surface area contributed by atoms with Gasteiger partial charge in [-0.25, -0.2) is 8.42 Å². The van der Waals surface area contributed by atoms with E-state index in [-0.39, 0.29) is 17.4 Å². The van der Waals surface area contributed by atoms with Crippen LogP contribution in [0, 0.1) is 0 Å². The van der Waals surface area contributed by atoms with Crippen molar-refractivity contribution in [3.05, 3.63) is 71.8 Å². The molecule has 136 valence electrons. The Morgan fingerprint density at radius 3 is 2.37 bits per heavy atom. The molecule has 3 aromatic carbocycles. The van der Waals surface area contributed by atoms with Crippen LogP contribution in [-0.2, 0) is 10.0 Å². The Balaban J connectivity index is 1.78. The van der Waals surface area contributed by atoms with Gasteiger partial charge in [-0.1, -0.05) is 42.5 Å². The van der Waals surface area contributed by atoms with Gasteiger partial charge in [-0.15, -0.1) is 0 Å². The summed E-state index contributed by atoms with van der Waals surface area (Å²) in [5.74, 6) is 0.846. The van der Waals surface area contributed by atoms with Crippen molar-refractivity contribution in [3.8, 4) is 28.4 Å². The highest BCUT2D eigenvalue weighted by atomic mass is 32.2. The fraction of sp³-hybridized carbons (Fsp3) is 0.100. The fourth-order valence-corrected chi connectivity index (χ4v) is 5.03. The average molecular weight is 381 g/mol. The van der Waals surface area contributed by atoms with Gasteiger partial charge in [0.05, 0.1) is 10.9 Å². The fourth-order valence-electron chi connectivity index (χ4n) is 3.61. The van der Waals surface area contributed by atoms with Gasteiger partial charge in [-0.2, -0.15) is 4.72 Å². The largest absolute Gasteiger partial charge is 0.507 e. The molecule has 2 aliphatic rings. The molecular weight excluding hydrogens is 366 g/mol. The Labute approximate surface area is 156 Å². The van der Waals surface area contributed by atoms with Crippen LogP contribution in [0.15, 0.2) is 65.6 Å². The van der Waals surface area contributed by atoms with E-state index in [4.69, 9.17) is 9.47 Å². The quantitative estimate of drug-likeness (QED) is 0.676. The van der Waals surface area contributed by atoms with E-state index >= 15 is 0 Å². The summed E-state index contributed by atoms with van der Waals surface area (Å²) in [6.45, 7) is 0.0661. The molecule has 3 aromatic rings. The van der Waals surface area contributed by atoms with Crippen LogP contribution in [-0.4, -0.2) is 20.3 Å². The molecule has 2 N–H and O–H groups in total. The first-order chi connectivity index (χ1) is 13.0. The van der Waals surface area contributed by atoms with E-state index in [2.05, 4.69) is 4.72 Å². The van der Waals surface area contributed by atoms with Crippen LogP contribution in [0.2, 0.25) is 0 Å². The van der Waals surface area contributed by atoms with Crippen molar-refractivity contribution in [2.75, 3.05) is 6.79 Å². The van der Waals surface area contributed by atoms with Crippen molar-refractivity contribution in [1.29, 1.82) is 0 Å². The summed E-state index contributed by atoms with van der Waals surface area (Å²) < 4.78 is 39.5. The minimum atomic E-state index is -3.81. The topological polar surface area (TPSA) is 84.9 Å². The Morgan fingerprint density at radius 2 is 1.56 bits per heavy atom. The molecule has 1 unspecified atom stereocenters. The van der Waals surface area contributed by atoms with Gasteiger partial charge in [0, 0.05) is 17.2 Å². The summed E-state index contributed by atoms with van der Waals surface area (Å²) in [6, 6.07) is 16.6. The molecule has 0 radical (unpaired) electrons. The molecule has 27 heavy (non-hydrogen) atoms. The molecule has 2 heterocycles. The smallest absolute Gasteiger partial charge is 0.242 e. The highest BCUT2D eigenvalue weighted by molar-refractivity contribution is 7.89. The zero-order chi connectivity index (χ0) is 18.6. The van der Waals surface area contributed by atoms with E-state index in [0.717, 1.165) is 11.1 Å². The Bertz CT molecular complexity index is 1170. The zero-order valence-electron chi connectivity index (χ0n) is 14.0. The second-order valence-electron chi connectivity index (χ2n) is 6.40. The zero-order valence-corrected chi connectivity index (χ0v) is 14.9. The summed E-state index contributed by atoms with van der Waals surface area (Å²) in [4.78, 5) is 0.209. The molecule has 0 aromatic heterocycles. The van der Waals surface area contributed by atoms with E-state index in [1.165, 1.54) is 6.07 Å². The first-order valence-corrected chi connectivity index (χ1v) is 9.86. The van der Waals surface area contributed by atoms with Crippen molar-refractivity contribution in [2.45, 2.75) is 10.9 Å². The number of aromatic hydroxyl groups is 1. The third-order valence-corrected chi connectivity index (χ3v) is 6.33. The van der Waals surface area contributed by atoms with E-state index in [1.54, 1.807) is 24.3 Å². The number of hydrogen-bond donors (Lipinski definition) is 2. The molecule has 5 rings (SSSR count). The lowest BCUT2D eigenvalue weighted by Crippen LogP contribution is -2.28. The van der Waals surface area contributed by atoms with Gasteiger partial charge in [0.1, 0.15) is 5.75 Å². The lowest BCUT2D eigenvalue weighted by molar-refractivity contribution is 0.174. The van der Waals surface area contributed by atoms with Crippen LogP contribution < -0.4 is 14.2 Å². The summed E-state index contributed by atoms with van der Waals surface area (Å²) in [6.07, 6.45) is 0. The maximum absolute atomic E-state index is 13.0. The molecule has 7 heteroatoms. The van der Waals surface area contributed by atoms with Gasteiger partial charge in [0.15, 0.2) is 11.5 Å². The lowest BCUT2D eigenvalue weighted by Gasteiger charge is -2.20. The molecule has 0 saturated heterocycles. The maximum atomic E-state index is 13.0. The predicted molar refractivity (Wildman–Crippen MR) is 98.3 cm³/mol. The summed E-state index contributed by atoms with van der Waals surface area (Å²) in [7, 11) is -3.81. The first kappa shape index (κ1) is 16.2. The van der Waals surface area contributed by atoms with Crippen LogP contribution in [0.5, 0.6) is 17.2 Å². The monoisotopic (exact) mass is 381 g/mol. The van der Waals surface area contributed by atoms with Crippen LogP contribution in [0.25, 0.3) is 11.1 Å². The number of sulfonamides is 1. The molecule has 6 nitrogen and oxygen atoms in total. The number of phenolic OH excluding ortho intramolecular Hbond substituents is 1. The van der Waals surface area contributed by atoms with E-state index in [1.807, 2.05) is 30.3 Å². The van der Waals surface area contributed by atoms with Crippen molar-refractivity contribution < 1.29 is 23.0 Å². The van der Waals surface area contributed by atoms with Crippen molar-refractivity contribution in [1.82, 2.24) is 4.72 Å². The number of ether oxygens (including phenoxy) is 2. The summed E-state index contributed by atoms with van der Waals surface area (Å²) >= 11 is 0. The second-order valence-corrected chi connectivity index (χ2v) is 8.08. The average Bonchev–Trinajstić information content (AvgIpc) is 3.09. The number of fused-ring (bicyclic) bond motifs is 4. The minimum Gasteiger partial charge on any atom is -0.507 e. The maximum Gasteiger partial charge on any atom is 0.242 e. The second kappa shape index (κ2) is 5.73. The Kier molecular flexibility index (Phi) is 3.43. The number of rotatable bonds is 1. The van der Waals surface area contributed by atoms with Gasteiger partial charge in [-0.05, 0) is 23.3 Å². The molecule has 1 atom stereocenters. The number of hydrogen-bond acceptors (Lipinski definition) is 5. The number of nitrogens with one attached hydrogen (secondary N) is 1. The highest BCUT2D eigenvalue weighted by Crippen LogP contribution is 2.45. The molecule has 0 amide bonds. The predicted octanol–water partition coefficient (Wildman–Crippen LogP) is 3.17. The Morgan fingerprint density at radius 1 is 0.889 bits per heavy atom. The molecule has 2 aliphatic heterocycles. The third-order valence-electron chi connectivity index (χ3n) is 4.84. The van der Waals surface area contributed by atoms with Crippen molar-refractivity contribution >= 4 is 10.0 Å². The van der Waals surface area contributed by atoms with Gasteiger partial charge in [0.2, 0.25) is 16.8 Å². The number of phenols is 1. The molecule has 0 fully saturated rings. The van der Waals surface area contributed by atoms with E-state index in [9.17, 15) is 13.5 Å². The SMILES string of the molecule is O=S1(=O)NC(c2cc3c(cc2O)OCO3)c2ccccc2-c2ccccc21. The van der Waals surface area contributed by atoms with Crippen LogP contribution in [0.3, 0.4) is 0 Å². The summed E-state index contributed by atoms with van der Waals surface area (Å²) in [5.41, 5.74) is 2.58. The molecule has 0 aliphatic carbocycles. The molecule has 0 bridgehead atoms. The minimum absolute atomic E-state index is 0.0623. The Hall–Kier alpha value is -3.03. The first-order valence-electron chi connectivity index (χ1n) is 8.38. The van der Waals surface area contributed by atoms with Gasteiger partial charge in [-0.3, -0.25) is 0 Å². The molecule has 0 spiro atoms. The van der Waals surface area contributed by atoms with Crippen LogP contribution in [0.4, 0.5) is 0 Å². The third kappa shape index (κ3) is 2.47. The standard InChI is InChI=1S/C20H15NO5S/c22-16-10-18-17(25-11-26-18)9-15(16)20-14-7-2-1-5-12(14)13-6-3-4-8-19(13)27(23,24)21-20/h1-10,20-22H,11H2. The molecular formula is C20H15NO5S. The van der Waals surface area contributed by atoms with E-state index < -0.39 is 16.1 Å². The van der Waals surface area contributed by atoms with Crippen LogP contribution in [0.1, 0.15) is 17.2 Å². The van der Waals surface area contributed by atoms with Crippen LogP contribution >= 0.6 is 0 Å². The van der Waals surface area contributed by atoms with Crippen molar-refractivity contribution in [2.24, 2.45) is 0 Å². The normalized spacial score (nSPS) is 19.0. The van der Waals surface area contributed by atoms with E-state index in [0.29, 0.717) is 22.6 Å². The van der Waals surface area contributed by atoms with Gasteiger partial charge in [0.25, 0.3) is 0 Å². The highest BCUT2D eigenvalue weighted by Gasteiger charge is 2.33. The van der Waals surface area contributed by atoms with Crippen molar-refractivity contribution in [3.63, 3.8) is 0 Å². The molecule has 0 saturated carbocycles. The summed E-state index contributed by atoms with van der Waals surface area (Å²) in [5, 5.41) is 10.6.